The predicted molar refractivity (Wildman–Crippen MR) is 73.2 cm³/mol. The van der Waals surface area contributed by atoms with Crippen LogP contribution in [0.1, 0.15) is 33.1 Å². The van der Waals surface area contributed by atoms with E-state index in [2.05, 4.69) is 18.6 Å². The number of rotatable bonds is 3. The average Bonchev–Trinajstić information content (AvgIpc) is 2.61. The summed E-state index contributed by atoms with van der Waals surface area (Å²) in [6, 6.07) is 3.84. The van der Waals surface area contributed by atoms with Crippen LogP contribution in [0.2, 0.25) is 5.02 Å². The van der Waals surface area contributed by atoms with Crippen molar-refractivity contribution in [3.05, 3.63) is 29.0 Å². The quantitative estimate of drug-likeness (QED) is 0.931. The highest BCUT2D eigenvalue weighted by Gasteiger charge is 2.34. The van der Waals surface area contributed by atoms with Gasteiger partial charge in [0.2, 0.25) is 10.0 Å². The van der Waals surface area contributed by atoms with E-state index < -0.39 is 15.8 Å². The van der Waals surface area contributed by atoms with Gasteiger partial charge in [0.25, 0.3) is 0 Å². The van der Waals surface area contributed by atoms with Crippen molar-refractivity contribution in [1.82, 2.24) is 4.72 Å². The first kappa shape index (κ1) is 14.8. The van der Waals surface area contributed by atoms with Crippen LogP contribution in [0, 0.1) is 11.2 Å². The molecular formula is C13H17ClFNO2S. The minimum atomic E-state index is -3.86. The van der Waals surface area contributed by atoms with Crippen molar-refractivity contribution < 1.29 is 12.8 Å². The van der Waals surface area contributed by atoms with Crippen LogP contribution in [0.15, 0.2) is 23.1 Å². The van der Waals surface area contributed by atoms with Gasteiger partial charge in [0.15, 0.2) is 5.82 Å². The Bertz CT molecular complexity index is 586. The van der Waals surface area contributed by atoms with Gasteiger partial charge in [-0.3, -0.25) is 0 Å². The van der Waals surface area contributed by atoms with Crippen molar-refractivity contribution in [1.29, 1.82) is 0 Å². The molecule has 3 nitrogen and oxygen atoms in total. The summed E-state index contributed by atoms with van der Waals surface area (Å²) >= 11 is 5.61. The number of sulfonamides is 1. The third-order valence-electron chi connectivity index (χ3n) is 3.50. The minimum absolute atomic E-state index is 0.125. The second kappa shape index (κ2) is 5.04. The summed E-state index contributed by atoms with van der Waals surface area (Å²) in [5.74, 6) is -0.895. The molecule has 0 amide bonds. The molecule has 6 heteroatoms. The molecule has 1 aliphatic carbocycles. The van der Waals surface area contributed by atoms with Crippen LogP contribution in [0.25, 0.3) is 0 Å². The van der Waals surface area contributed by atoms with Crippen molar-refractivity contribution >= 4 is 21.6 Å². The molecule has 1 fully saturated rings. The zero-order valence-corrected chi connectivity index (χ0v) is 12.5. The molecule has 0 aromatic heterocycles. The molecule has 0 radical (unpaired) electrons. The van der Waals surface area contributed by atoms with Gasteiger partial charge in [-0.1, -0.05) is 31.5 Å². The first-order valence-corrected chi connectivity index (χ1v) is 8.04. The number of benzene rings is 1. The van der Waals surface area contributed by atoms with Crippen LogP contribution in [0.4, 0.5) is 4.39 Å². The lowest BCUT2D eigenvalue weighted by Gasteiger charge is -2.18. The summed E-state index contributed by atoms with van der Waals surface area (Å²) in [6.07, 6.45) is 2.49. The maximum atomic E-state index is 13.8. The molecule has 1 atom stereocenters. The van der Waals surface area contributed by atoms with Gasteiger partial charge in [-0.2, -0.15) is 0 Å². The Morgan fingerprint density at radius 3 is 2.68 bits per heavy atom. The number of hydrogen-bond acceptors (Lipinski definition) is 2. The number of nitrogens with one attached hydrogen (secondary N) is 1. The topological polar surface area (TPSA) is 46.2 Å². The molecule has 1 saturated carbocycles. The second-order valence-corrected chi connectivity index (χ2v) is 7.87. The molecule has 0 heterocycles. The zero-order chi connectivity index (χ0) is 14.3. The lowest BCUT2D eigenvalue weighted by Crippen LogP contribution is -2.34. The summed E-state index contributed by atoms with van der Waals surface area (Å²) in [4.78, 5) is -0.385. The summed E-state index contributed by atoms with van der Waals surface area (Å²) in [6.45, 7) is 4.20. The smallest absolute Gasteiger partial charge is 0.208 e. The zero-order valence-electron chi connectivity index (χ0n) is 10.9. The molecule has 1 aliphatic rings. The summed E-state index contributed by atoms with van der Waals surface area (Å²) in [7, 11) is -3.86. The monoisotopic (exact) mass is 305 g/mol. The SMILES string of the molecule is CC1(C)CCC(NS(=O)(=O)c2cccc(Cl)c2F)C1. The van der Waals surface area contributed by atoms with Gasteiger partial charge < -0.3 is 0 Å². The standard InChI is InChI=1S/C13H17ClFNO2S/c1-13(2)7-6-9(8-13)16-19(17,18)11-5-3-4-10(14)12(11)15/h3-5,9,16H,6-8H2,1-2H3. The third-order valence-corrected chi connectivity index (χ3v) is 5.33. The van der Waals surface area contributed by atoms with Gasteiger partial charge in [0.05, 0.1) is 5.02 Å². The minimum Gasteiger partial charge on any atom is -0.208 e. The summed E-state index contributed by atoms with van der Waals surface area (Å²) in [5.41, 5.74) is 0.125. The average molecular weight is 306 g/mol. The molecule has 19 heavy (non-hydrogen) atoms. The maximum absolute atomic E-state index is 13.8. The fourth-order valence-corrected chi connectivity index (χ4v) is 4.11. The van der Waals surface area contributed by atoms with Gasteiger partial charge in [0, 0.05) is 6.04 Å². The van der Waals surface area contributed by atoms with E-state index in [1.807, 2.05) is 0 Å². The van der Waals surface area contributed by atoms with E-state index in [1.54, 1.807) is 0 Å². The van der Waals surface area contributed by atoms with Crippen molar-refractivity contribution in [2.24, 2.45) is 5.41 Å². The number of hydrogen-bond donors (Lipinski definition) is 1. The highest BCUT2D eigenvalue weighted by atomic mass is 35.5. The molecule has 1 N–H and O–H groups in total. The molecule has 2 rings (SSSR count). The van der Waals surface area contributed by atoms with Crippen LogP contribution in [0.5, 0.6) is 0 Å². The van der Waals surface area contributed by atoms with Crippen LogP contribution in [0.3, 0.4) is 0 Å². The molecule has 1 aromatic carbocycles. The Morgan fingerprint density at radius 1 is 1.42 bits per heavy atom. The summed E-state index contributed by atoms with van der Waals surface area (Å²) in [5, 5.41) is -0.186. The normalized spacial score (nSPS) is 22.6. The second-order valence-electron chi connectivity index (χ2n) is 5.78. The Kier molecular flexibility index (Phi) is 3.91. The molecule has 1 aromatic rings. The van der Waals surface area contributed by atoms with Crippen molar-refractivity contribution in [3.8, 4) is 0 Å². The van der Waals surface area contributed by atoms with E-state index in [0.717, 1.165) is 19.3 Å². The van der Waals surface area contributed by atoms with E-state index in [4.69, 9.17) is 11.6 Å². The lowest BCUT2D eigenvalue weighted by atomic mass is 9.92. The maximum Gasteiger partial charge on any atom is 0.243 e. The van der Waals surface area contributed by atoms with E-state index in [9.17, 15) is 12.8 Å². The van der Waals surface area contributed by atoms with Gasteiger partial charge in [-0.05, 0) is 36.8 Å². The third kappa shape index (κ3) is 3.27. The van der Waals surface area contributed by atoms with Crippen molar-refractivity contribution in [2.75, 3.05) is 0 Å². The van der Waals surface area contributed by atoms with Crippen molar-refractivity contribution in [3.63, 3.8) is 0 Å². The molecule has 1 unspecified atom stereocenters. The molecule has 106 valence electrons. The highest BCUT2D eigenvalue weighted by Crippen LogP contribution is 2.37. The van der Waals surface area contributed by atoms with Gasteiger partial charge in [0.1, 0.15) is 4.90 Å². The van der Waals surface area contributed by atoms with Crippen LogP contribution in [-0.4, -0.2) is 14.5 Å². The molecule has 0 spiro atoms. The van der Waals surface area contributed by atoms with Gasteiger partial charge in [-0.15, -0.1) is 0 Å². The van der Waals surface area contributed by atoms with Crippen LogP contribution < -0.4 is 4.72 Å². The first-order valence-electron chi connectivity index (χ1n) is 6.18. The summed E-state index contributed by atoms with van der Waals surface area (Å²) < 4.78 is 40.7. The van der Waals surface area contributed by atoms with Crippen molar-refractivity contribution in [2.45, 2.75) is 44.0 Å². The Hall–Kier alpha value is -0.650. The fourth-order valence-electron chi connectivity index (χ4n) is 2.51. The number of halogens is 2. The Labute approximate surface area is 118 Å². The molecule has 0 saturated heterocycles. The predicted octanol–water partition coefficient (Wildman–Crippen LogP) is 3.34. The van der Waals surface area contributed by atoms with Gasteiger partial charge >= 0.3 is 0 Å². The Balaban J connectivity index is 2.22. The lowest BCUT2D eigenvalue weighted by molar-refractivity contribution is 0.372. The molecule has 0 bridgehead atoms. The fraction of sp³-hybridized carbons (Fsp3) is 0.538. The Morgan fingerprint density at radius 2 is 2.11 bits per heavy atom. The van der Waals surface area contributed by atoms with Crippen LogP contribution in [-0.2, 0) is 10.0 Å². The van der Waals surface area contributed by atoms with Gasteiger partial charge in [-0.25, -0.2) is 17.5 Å². The largest absolute Gasteiger partial charge is 0.243 e. The van der Waals surface area contributed by atoms with E-state index in [0.29, 0.717) is 0 Å². The highest BCUT2D eigenvalue weighted by molar-refractivity contribution is 7.89. The first-order chi connectivity index (χ1) is 8.71. The van der Waals surface area contributed by atoms with Crippen LogP contribution >= 0.6 is 11.6 Å². The molecule has 0 aliphatic heterocycles. The van der Waals surface area contributed by atoms with E-state index >= 15 is 0 Å². The molecular weight excluding hydrogens is 289 g/mol. The van der Waals surface area contributed by atoms with E-state index in [-0.39, 0.29) is 21.4 Å². The van der Waals surface area contributed by atoms with E-state index in [1.165, 1.54) is 18.2 Å².